The molecule has 2 heterocycles. The number of anilines is 1. The second-order valence-electron chi connectivity index (χ2n) is 8.06. The Morgan fingerprint density at radius 1 is 1.23 bits per heavy atom. The highest BCUT2D eigenvalue weighted by Crippen LogP contribution is 2.33. The van der Waals surface area contributed by atoms with Crippen LogP contribution in [0.3, 0.4) is 0 Å². The van der Waals surface area contributed by atoms with Crippen LogP contribution in [0.5, 0.6) is 17.2 Å². The van der Waals surface area contributed by atoms with Crippen molar-refractivity contribution in [2.24, 2.45) is 10.8 Å². The molecule has 10 heteroatoms. The number of fused-ring (bicyclic) bond motifs is 1. The summed E-state index contributed by atoms with van der Waals surface area (Å²) in [6, 6.07) is 12.7. The van der Waals surface area contributed by atoms with Crippen LogP contribution >= 0.6 is 11.8 Å². The Labute approximate surface area is 208 Å². The molecule has 0 aromatic heterocycles. The van der Waals surface area contributed by atoms with E-state index in [1.807, 2.05) is 38.1 Å². The number of carbonyl (C=O) groups excluding carboxylic acids is 2. The van der Waals surface area contributed by atoms with E-state index < -0.39 is 5.25 Å². The summed E-state index contributed by atoms with van der Waals surface area (Å²) in [5.74, 6) is 1.61. The molecular weight excluding hydrogens is 468 g/mol. The van der Waals surface area contributed by atoms with Gasteiger partial charge in [-0.05, 0) is 61.7 Å². The minimum absolute atomic E-state index is 0.0622. The summed E-state index contributed by atoms with van der Waals surface area (Å²) < 4.78 is 16.3. The topological polar surface area (TPSA) is 115 Å². The SMILES string of the molecule is CCCOc1ccc(N2C(=O)C[C@@H](SC(N)=NN/C(C)=C/Cc3ccc4c(c3)OCO4)C2=O)cc1. The van der Waals surface area contributed by atoms with Gasteiger partial charge in [-0.25, -0.2) is 4.90 Å². The van der Waals surface area contributed by atoms with Crippen LogP contribution in [0.4, 0.5) is 5.69 Å². The van der Waals surface area contributed by atoms with Gasteiger partial charge in [0.05, 0.1) is 12.3 Å². The normalized spacial score (nSPS) is 17.8. The van der Waals surface area contributed by atoms with Crippen molar-refractivity contribution in [1.29, 1.82) is 0 Å². The minimum Gasteiger partial charge on any atom is -0.494 e. The molecule has 2 amide bonds. The number of hydrazone groups is 1. The fourth-order valence-corrected chi connectivity index (χ4v) is 4.40. The smallest absolute Gasteiger partial charge is 0.247 e. The molecule has 35 heavy (non-hydrogen) atoms. The number of hydrogen-bond donors (Lipinski definition) is 2. The zero-order chi connectivity index (χ0) is 24.8. The number of amides is 2. The van der Waals surface area contributed by atoms with Gasteiger partial charge in [-0.2, -0.15) is 5.10 Å². The number of imide groups is 1. The zero-order valence-electron chi connectivity index (χ0n) is 19.7. The lowest BCUT2D eigenvalue weighted by Crippen LogP contribution is -2.31. The molecule has 0 bridgehead atoms. The third-order valence-electron chi connectivity index (χ3n) is 5.36. The summed E-state index contributed by atoms with van der Waals surface area (Å²) in [6.07, 6.45) is 3.60. The van der Waals surface area contributed by atoms with E-state index in [9.17, 15) is 9.59 Å². The molecule has 184 valence electrons. The molecule has 0 aliphatic carbocycles. The number of rotatable bonds is 9. The average molecular weight is 497 g/mol. The lowest BCUT2D eigenvalue weighted by atomic mass is 10.1. The largest absolute Gasteiger partial charge is 0.494 e. The van der Waals surface area contributed by atoms with E-state index in [1.54, 1.807) is 24.3 Å². The number of carbonyl (C=O) groups is 2. The third-order valence-corrected chi connectivity index (χ3v) is 6.34. The maximum Gasteiger partial charge on any atom is 0.247 e. The Balaban J connectivity index is 1.30. The second-order valence-corrected chi connectivity index (χ2v) is 9.28. The van der Waals surface area contributed by atoms with E-state index in [0.29, 0.717) is 24.5 Å². The summed E-state index contributed by atoms with van der Waals surface area (Å²) in [4.78, 5) is 26.6. The van der Waals surface area contributed by atoms with E-state index >= 15 is 0 Å². The quantitative estimate of drug-likeness (QED) is 0.234. The van der Waals surface area contributed by atoms with Crippen LogP contribution in [-0.2, 0) is 16.0 Å². The van der Waals surface area contributed by atoms with Crippen LogP contribution in [0.25, 0.3) is 0 Å². The van der Waals surface area contributed by atoms with Crippen molar-refractivity contribution >= 4 is 34.4 Å². The molecule has 2 aromatic carbocycles. The van der Waals surface area contributed by atoms with Gasteiger partial charge in [0.2, 0.25) is 18.6 Å². The number of hydrogen-bond acceptors (Lipinski definition) is 8. The Morgan fingerprint density at radius 3 is 2.77 bits per heavy atom. The van der Waals surface area contributed by atoms with E-state index in [0.717, 1.165) is 40.9 Å². The van der Waals surface area contributed by atoms with Gasteiger partial charge in [-0.3, -0.25) is 15.0 Å². The number of allylic oxidation sites excluding steroid dienone is 2. The highest BCUT2D eigenvalue weighted by Gasteiger charge is 2.40. The van der Waals surface area contributed by atoms with Crippen molar-refractivity contribution in [3.8, 4) is 17.2 Å². The van der Waals surface area contributed by atoms with Crippen LogP contribution in [0, 0.1) is 0 Å². The summed E-state index contributed by atoms with van der Waals surface area (Å²) in [5, 5.41) is 3.71. The molecule has 3 N–H and O–H groups in total. The monoisotopic (exact) mass is 496 g/mol. The maximum atomic E-state index is 12.9. The molecule has 0 unspecified atom stereocenters. The third kappa shape index (κ3) is 6.07. The van der Waals surface area contributed by atoms with Crippen LogP contribution < -0.4 is 30.3 Å². The highest BCUT2D eigenvalue weighted by atomic mass is 32.2. The van der Waals surface area contributed by atoms with E-state index in [1.165, 1.54) is 4.90 Å². The molecule has 2 aliphatic rings. The van der Waals surface area contributed by atoms with Gasteiger partial charge in [0.15, 0.2) is 16.7 Å². The molecule has 0 saturated carbocycles. The molecule has 2 aromatic rings. The second kappa shape index (κ2) is 11.2. The summed E-state index contributed by atoms with van der Waals surface area (Å²) in [5.41, 5.74) is 11.3. The Hall–Kier alpha value is -3.66. The van der Waals surface area contributed by atoms with Crippen molar-refractivity contribution in [3.05, 3.63) is 59.8 Å². The molecule has 9 nitrogen and oxygen atoms in total. The molecule has 1 fully saturated rings. The number of nitrogens with one attached hydrogen (secondary N) is 1. The molecule has 1 atom stereocenters. The zero-order valence-corrected chi connectivity index (χ0v) is 20.5. The first-order valence-electron chi connectivity index (χ1n) is 11.4. The number of nitrogens with two attached hydrogens (primary N) is 1. The van der Waals surface area contributed by atoms with Crippen molar-refractivity contribution in [3.63, 3.8) is 0 Å². The lowest BCUT2D eigenvalue weighted by molar-refractivity contribution is -0.121. The van der Waals surface area contributed by atoms with Crippen LogP contribution in [-0.4, -0.2) is 35.6 Å². The van der Waals surface area contributed by atoms with Crippen molar-refractivity contribution < 1.29 is 23.8 Å². The summed E-state index contributed by atoms with van der Waals surface area (Å²) >= 11 is 1.07. The summed E-state index contributed by atoms with van der Waals surface area (Å²) in [6.45, 7) is 4.75. The predicted molar refractivity (Wildman–Crippen MR) is 136 cm³/mol. The van der Waals surface area contributed by atoms with Crippen molar-refractivity contribution in [1.82, 2.24) is 5.43 Å². The molecule has 4 rings (SSSR count). The van der Waals surface area contributed by atoms with E-state index in [2.05, 4.69) is 10.5 Å². The van der Waals surface area contributed by atoms with Gasteiger partial charge in [-0.1, -0.05) is 30.8 Å². The molecule has 2 aliphatic heterocycles. The molecule has 0 radical (unpaired) electrons. The summed E-state index contributed by atoms with van der Waals surface area (Å²) in [7, 11) is 0. The number of benzene rings is 2. The first kappa shape index (κ1) is 24.5. The van der Waals surface area contributed by atoms with Gasteiger partial charge < -0.3 is 19.9 Å². The first-order valence-corrected chi connectivity index (χ1v) is 12.2. The first-order chi connectivity index (χ1) is 16.9. The number of ether oxygens (including phenoxy) is 3. The van der Waals surface area contributed by atoms with Crippen LogP contribution in [0.2, 0.25) is 0 Å². The van der Waals surface area contributed by atoms with Crippen molar-refractivity contribution in [2.75, 3.05) is 18.3 Å². The fourth-order valence-electron chi connectivity index (χ4n) is 3.58. The Bertz CT molecular complexity index is 1150. The van der Waals surface area contributed by atoms with E-state index in [4.69, 9.17) is 19.9 Å². The standard InChI is InChI=1S/C25H28N4O5S/c1-3-12-32-19-9-7-18(8-10-19)29-23(30)14-22(24(29)31)35-25(26)28-27-16(2)4-5-17-6-11-20-21(13-17)34-15-33-20/h4,6-11,13,22,27H,3,5,12,14-15H2,1-2H3,(H2,26,28)/b16-4+/t22-/m1/s1. The van der Waals surface area contributed by atoms with Gasteiger partial charge in [0, 0.05) is 12.1 Å². The number of nitrogens with zero attached hydrogens (tertiary/aromatic N) is 2. The van der Waals surface area contributed by atoms with Crippen LogP contribution in [0.1, 0.15) is 32.3 Å². The number of thioether (sulfide) groups is 1. The van der Waals surface area contributed by atoms with Gasteiger partial charge >= 0.3 is 0 Å². The Kier molecular flexibility index (Phi) is 7.81. The Morgan fingerprint density at radius 2 is 2.00 bits per heavy atom. The molecule has 0 spiro atoms. The average Bonchev–Trinajstić information content (AvgIpc) is 3.43. The highest BCUT2D eigenvalue weighted by molar-refractivity contribution is 8.14. The molecule has 1 saturated heterocycles. The van der Waals surface area contributed by atoms with Gasteiger partial charge in [0.25, 0.3) is 0 Å². The van der Waals surface area contributed by atoms with Crippen molar-refractivity contribution in [2.45, 2.75) is 38.4 Å². The van der Waals surface area contributed by atoms with Gasteiger partial charge in [-0.15, -0.1) is 0 Å². The fraction of sp³-hybridized carbons (Fsp3) is 0.320. The van der Waals surface area contributed by atoms with E-state index in [-0.39, 0.29) is 30.2 Å². The van der Waals surface area contributed by atoms with Gasteiger partial charge in [0.1, 0.15) is 11.0 Å². The molecular formula is C25H28N4O5S. The predicted octanol–water partition coefficient (Wildman–Crippen LogP) is 3.54. The lowest BCUT2D eigenvalue weighted by Gasteiger charge is -2.15. The number of amidine groups is 1. The minimum atomic E-state index is -0.623. The van der Waals surface area contributed by atoms with Crippen LogP contribution in [0.15, 0.2) is 59.3 Å². The maximum absolute atomic E-state index is 12.9.